The molecule has 0 unspecified atom stereocenters. The van der Waals surface area contributed by atoms with Crippen LogP contribution in [0.1, 0.15) is 12.2 Å². The Labute approximate surface area is 107 Å². The summed E-state index contributed by atoms with van der Waals surface area (Å²) in [5.74, 6) is 0.219. The molecule has 3 heterocycles. The Morgan fingerprint density at radius 2 is 2.21 bits per heavy atom. The second kappa shape index (κ2) is 4.16. The Kier molecular flexibility index (Phi) is 2.59. The van der Waals surface area contributed by atoms with Crippen molar-refractivity contribution in [3.05, 3.63) is 22.5 Å². The highest BCUT2D eigenvalue weighted by Crippen LogP contribution is 2.13. The number of hydrogen-bond donors (Lipinski definition) is 1. The Balaban J connectivity index is 2.21. The number of imidazole rings is 1. The highest BCUT2D eigenvalue weighted by Gasteiger charge is 2.26. The third kappa shape index (κ3) is 1.64. The van der Waals surface area contributed by atoms with Crippen LogP contribution in [0, 0.1) is 0 Å². The van der Waals surface area contributed by atoms with Gasteiger partial charge in [-0.15, -0.1) is 0 Å². The van der Waals surface area contributed by atoms with Gasteiger partial charge in [-0.1, -0.05) is 0 Å². The molecule has 2 aromatic rings. The fourth-order valence-electron chi connectivity index (χ4n) is 2.06. The zero-order valence-electron chi connectivity index (χ0n) is 10.4. The first-order valence-electron chi connectivity index (χ1n) is 5.97. The Hall–Kier alpha value is -2.22. The van der Waals surface area contributed by atoms with Gasteiger partial charge in [0.1, 0.15) is 12.1 Å². The fourth-order valence-corrected chi connectivity index (χ4v) is 2.06. The lowest BCUT2D eigenvalue weighted by molar-refractivity contribution is 0.169. The topological polar surface area (TPSA) is 93.2 Å². The van der Waals surface area contributed by atoms with Gasteiger partial charge in [-0.05, 0) is 6.42 Å². The average molecular weight is 263 g/mol. The van der Waals surface area contributed by atoms with E-state index in [4.69, 9.17) is 5.11 Å². The molecule has 8 nitrogen and oxygen atoms in total. The van der Waals surface area contributed by atoms with E-state index in [1.54, 1.807) is 11.9 Å². The predicted octanol–water partition coefficient (Wildman–Crippen LogP) is -0.704. The maximum Gasteiger partial charge on any atom is 0.338 e. The number of aliphatic hydroxyl groups is 1. The average Bonchev–Trinajstić information content (AvgIpc) is 2.59. The van der Waals surface area contributed by atoms with Crippen LogP contribution in [0.5, 0.6) is 0 Å². The van der Waals surface area contributed by atoms with Gasteiger partial charge in [0.25, 0.3) is 0 Å². The van der Waals surface area contributed by atoms with Crippen molar-refractivity contribution in [3.8, 4) is 0 Å². The first-order valence-corrected chi connectivity index (χ1v) is 5.97. The van der Waals surface area contributed by atoms with Crippen LogP contribution in [0.4, 0.5) is 4.79 Å². The van der Waals surface area contributed by atoms with Crippen LogP contribution in [0.15, 0.2) is 11.0 Å². The molecule has 19 heavy (non-hydrogen) atoms. The fraction of sp³-hybridized carbons (Fsp3) is 0.455. The smallest absolute Gasteiger partial charge is 0.338 e. The van der Waals surface area contributed by atoms with E-state index in [-0.39, 0.29) is 18.5 Å². The van der Waals surface area contributed by atoms with Gasteiger partial charge in [-0.3, -0.25) is 4.57 Å². The molecule has 2 aromatic heterocycles. The summed E-state index contributed by atoms with van der Waals surface area (Å²) in [5.41, 5.74) is 0.260. The number of aliphatic hydroxyl groups excluding tert-OH is 1. The number of fused-ring (bicyclic) bond motifs is 1. The number of rotatable bonds is 1. The van der Waals surface area contributed by atoms with Crippen LogP contribution in [0.25, 0.3) is 11.2 Å². The van der Waals surface area contributed by atoms with Crippen LogP contribution < -0.4 is 5.69 Å². The summed E-state index contributed by atoms with van der Waals surface area (Å²) in [6.45, 7) is 1.02. The lowest BCUT2D eigenvalue weighted by Gasteiger charge is -2.30. The first kappa shape index (κ1) is 11.8. The Morgan fingerprint density at radius 1 is 1.47 bits per heavy atom. The van der Waals surface area contributed by atoms with Crippen molar-refractivity contribution in [3.63, 3.8) is 0 Å². The summed E-state index contributed by atoms with van der Waals surface area (Å²) in [4.78, 5) is 33.9. The van der Waals surface area contributed by atoms with Gasteiger partial charge in [0.15, 0.2) is 11.5 Å². The van der Waals surface area contributed by atoms with E-state index in [0.29, 0.717) is 24.3 Å². The molecule has 8 heteroatoms. The van der Waals surface area contributed by atoms with Gasteiger partial charge in [0.2, 0.25) is 0 Å². The van der Waals surface area contributed by atoms with Crippen molar-refractivity contribution < 1.29 is 9.90 Å². The lowest BCUT2D eigenvalue weighted by atomic mass is 10.2. The molecular weight excluding hydrogens is 250 g/mol. The lowest BCUT2D eigenvalue weighted by Crippen LogP contribution is -2.47. The Bertz CT molecular complexity index is 713. The second-order valence-corrected chi connectivity index (χ2v) is 4.45. The summed E-state index contributed by atoms with van der Waals surface area (Å²) >= 11 is 0. The van der Waals surface area contributed by atoms with E-state index in [2.05, 4.69) is 9.97 Å². The minimum atomic E-state index is -0.448. The summed E-state index contributed by atoms with van der Waals surface area (Å²) in [7, 11) is 1.54. The molecular formula is C11H13N5O3. The van der Waals surface area contributed by atoms with Gasteiger partial charge in [-0.25, -0.2) is 24.1 Å². The van der Waals surface area contributed by atoms with Crippen molar-refractivity contribution in [2.45, 2.75) is 13.0 Å². The summed E-state index contributed by atoms with van der Waals surface area (Å²) in [5, 5.41) is 9.01. The number of hydrogen-bond acceptors (Lipinski definition) is 5. The minimum absolute atomic E-state index is 0.219. The molecule has 1 saturated heterocycles. The molecule has 0 aliphatic carbocycles. The highest BCUT2D eigenvalue weighted by molar-refractivity contribution is 5.87. The van der Waals surface area contributed by atoms with Crippen molar-refractivity contribution in [1.82, 2.24) is 24.0 Å². The number of carbonyl (C=O) groups is 1. The van der Waals surface area contributed by atoms with Crippen molar-refractivity contribution in [1.29, 1.82) is 0 Å². The predicted molar refractivity (Wildman–Crippen MR) is 65.7 cm³/mol. The van der Waals surface area contributed by atoms with Crippen molar-refractivity contribution in [2.24, 2.45) is 7.05 Å². The minimum Gasteiger partial charge on any atom is -0.388 e. The van der Waals surface area contributed by atoms with E-state index in [9.17, 15) is 9.59 Å². The van der Waals surface area contributed by atoms with E-state index in [1.807, 2.05) is 0 Å². The van der Waals surface area contributed by atoms with E-state index >= 15 is 0 Å². The highest BCUT2D eigenvalue weighted by atomic mass is 16.3. The molecule has 0 saturated carbocycles. The quantitative estimate of drug-likeness (QED) is 0.734. The zero-order valence-corrected chi connectivity index (χ0v) is 10.4. The molecule has 0 spiro atoms. The van der Waals surface area contributed by atoms with Gasteiger partial charge in [-0.2, -0.15) is 0 Å². The molecule has 1 N–H and O–H groups in total. The third-order valence-corrected chi connectivity index (χ3v) is 3.30. The Morgan fingerprint density at radius 3 is 2.79 bits per heavy atom. The largest absolute Gasteiger partial charge is 0.388 e. The van der Waals surface area contributed by atoms with Gasteiger partial charge < -0.3 is 10.0 Å². The molecule has 100 valence electrons. The number of likely N-dealkylation sites (tertiary alicyclic amines) is 1. The number of amides is 1. The van der Waals surface area contributed by atoms with E-state index < -0.39 is 5.69 Å². The normalized spacial score (nSPS) is 14.7. The van der Waals surface area contributed by atoms with Gasteiger partial charge in [0.05, 0.1) is 6.20 Å². The summed E-state index contributed by atoms with van der Waals surface area (Å²) < 4.78 is 2.36. The van der Waals surface area contributed by atoms with Crippen LogP contribution in [0.3, 0.4) is 0 Å². The molecule has 0 atom stereocenters. The molecule has 0 aromatic carbocycles. The first-order chi connectivity index (χ1) is 9.13. The molecule has 0 radical (unpaired) electrons. The molecule has 1 fully saturated rings. The summed E-state index contributed by atoms with van der Waals surface area (Å²) in [6.07, 6.45) is 2.35. The maximum absolute atomic E-state index is 12.2. The molecule has 1 aliphatic heterocycles. The summed E-state index contributed by atoms with van der Waals surface area (Å²) in [6, 6.07) is -0.345. The van der Waals surface area contributed by atoms with Crippen molar-refractivity contribution in [2.75, 3.05) is 13.1 Å². The second-order valence-electron chi connectivity index (χ2n) is 4.45. The molecule has 1 aliphatic rings. The van der Waals surface area contributed by atoms with Crippen LogP contribution >= 0.6 is 0 Å². The standard InChI is InChI=1S/C11H13N5O3/c1-14-9-7(5-12-8(6-17)13-9)16(10(14)18)11(19)15-3-2-4-15/h5,17H,2-4,6H2,1H3. The monoisotopic (exact) mass is 263 g/mol. The number of carbonyl (C=O) groups excluding carboxylic acids is 1. The van der Waals surface area contributed by atoms with E-state index in [0.717, 1.165) is 11.0 Å². The molecule has 0 bridgehead atoms. The van der Waals surface area contributed by atoms with Gasteiger partial charge in [0, 0.05) is 20.1 Å². The van der Waals surface area contributed by atoms with Crippen LogP contribution in [0.2, 0.25) is 0 Å². The van der Waals surface area contributed by atoms with E-state index in [1.165, 1.54) is 10.8 Å². The maximum atomic E-state index is 12.2. The van der Waals surface area contributed by atoms with Gasteiger partial charge >= 0.3 is 11.7 Å². The van der Waals surface area contributed by atoms with Crippen LogP contribution in [-0.2, 0) is 13.7 Å². The third-order valence-electron chi connectivity index (χ3n) is 3.30. The van der Waals surface area contributed by atoms with Crippen molar-refractivity contribution >= 4 is 17.2 Å². The number of aryl methyl sites for hydroxylation is 1. The molecule has 3 rings (SSSR count). The van der Waals surface area contributed by atoms with Crippen LogP contribution in [-0.4, -0.2) is 48.2 Å². The number of aromatic nitrogens is 4. The zero-order chi connectivity index (χ0) is 13.6. The SMILES string of the molecule is Cn1c(=O)n(C(=O)N2CCC2)c2cnc(CO)nc21. The molecule has 1 amide bonds. The number of nitrogens with zero attached hydrogens (tertiary/aromatic N) is 5.